The largest absolute Gasteiger partial charge is 0.433 e. The summed E-state index contributed by atoms with van der Waals surface area (Å²) in [6.07, 6.45) is -6.46. The molecule has 0 unspecified atom stereocenters. The Balaban J connectivity index is 1.76. The van der Waals surface area contributed by atoms with Crippen molar-refractivity contribution in [2.45, 2.75) is 26.1 Å². The van der Waals surface area contributed by atoms with Crippen LogP contribution < -0.4 is 11.1 Å². The van der Waals surface area contributed by atoms with Crippen molar-refractivity contribution < 1.29 is 36.0 Å². The van der Waals surface area contributed by atoms with E-state index in [-0.39, 0.29) is 28.0 Å². The van der Waals surface area contributed by atoms with E-state index in [1.807, 2.05) is 0 Å². The number of nitrogens with two attached hydrogens (primary N) is 1. The third-order valence-corrected chi connectivity index (χ3v) is 5.18. The van der Waals surface area contributed by atoms with Gasteiger partial charge in [-0.05, 0) is 49.2 Å². The van der Waals surface area contributed by atoms with Crippen molar-refractivity contribution in [3.63, 3.8) is 0 Å². The van der Waals surface area contributed by atoms with E-state index in [0.717, 1.165) is 12.1 Å². The van der Waals surface area contributed by atoms with Crippen LogP contribution in [0, 0.1) is 25.4 Å². The Bertz CT molecular complexity index is 1550. The summed E-state index contributed by atoms with van der Waals surface area (Å²) in [4.78, 5) is 20.0. The second kappa shape index (κ2) is 8.62. The Kier molecular flexibility index (Phi) is 5.00. The molecule has 0 aliphatic heterocycles. The van der Waals surface area contributed by atoms with E-state index in [1.165, 1.54) is 25.1 Å². The zero-order chi connectivity index (χ0) is 28.2. The van der Waals surface area contributed by atoms with Gasteiger partial charge in [-0.1, -0.05) is 6.07 Å². The minimum atomic E-state index is -4.97. The zero-order valence-electron chi connectivity index (χ0n) is 20.8. The van der Waals surface area contributed by atoms with Gasteiger partial charge in [0, 0.05) is 21.4 Å². The summed E-state index contributed by atoms with van der Waals surface area (Å²) < 4.78 is 91.5. The summed E-state index contributed by atoms with van der Waals surface area (Å²) in [6.45, 7) is -1.52. The number of nitrogens with zero attached hydrogens (tertiary/aromatic N) is 3. The van der Waals surface area contributed by atoms with E-state index in [2.05, 4.69) is 15.3 Å². The number of aliphatic hydroxyl groups is 1. The zero-order valence-corrected chi connectivity index (χ0v) is 17.8. The maximum Gasteiger partial charge on any atom is 0.433 e. The first-order valence-corrected chi connectivity index (χ1v) is 9.88. The Morgan fingerprint density at radius 2 is 1.89 bits per heavy atom. The number of carbonyl (C=O) groups excluding carboxylic acids is 1. The summed E-state index contributed by atoms with van der Waals surface area (Å²) in [7, 11) is 0. The molecule has 1 amide bonds. The maximum atomic E-state index is 13.7. The van der Waals surface area contributed by atoms with Gasteiger partial charge in [-0.3, -0.25) is 9.20 Å². The van der Waals surface area contributed by atoms with Gasteiger partial charge >= 0.3 is 6.18 Å². The summed E-state index contributed by atoms with van der Waals surface area (Å²) >= 11 is 0. The van der Waals surface area contributed by atoms with E-state index in [9.17, 15) is 31.9 Å². The fourth-order valence-corrected chi connectivity index (χ4v) is 3.63. The molecule has 4 N–H and O–H groups in total. The summed E-state index contributed by atoms with van der Waals surface area (Å²) in [5.74, 6) is -4.25. The predicted molar refractivity (Wildman–Crippen MR) is 117 cm³/mol. The van der Waals surface area contributed by atoms with Crippen LogP contribution in [0.25, 0.3) is 16.8 Å². The second-order valence-electron chi connectivity index (χ2n) is 7.62. The second-order valence-corrected chi connectivity index (χ2v) is 7.62. The maximum absolute atomic E-state index is 13.7. The van der Waals surface area contributed by atoms with Crippen LogP contribution in [0.4, 0.5) is 33.5 Å². The number of aliphatic hydroxyl groups excluding tert-OH is 1. The molecule has 0 bridgehead atoms. The highest BCUT2D eigenvalue weighted by Gasteiger charge is 2.36. The van der Waals surface area contributed by atoms with Crippen molar-refractivity contribution in [1.29, 1.82) is 0 Å². The van der Waals surface area contributed by atoms with Gasteiger partial charge in [0.1, 0.15) is 40.2 Å². The fraction of sp³-hybridized carbons (Fsp3) is 0.174. The first-order valence-electron chi connectivity index (χ1n) is 11.4. The van der Waals surface area contributed by atoms with Gasteiger partial charge in [0.25, 0.3) is 5.91 Å². The van der Waals surface area contributed by atoms with Gasteiger partial charge in [-0.15, -0.1) is 0 Å². The van der Waals surface area contributed by atoms with Crippen LogP contribution in [0.5, 0.6) is 0 Å². The first kappa shape index (κ1) is 20.3. The van der Waals surface area contributed by atoms with Crippen LogP contribution in [0.1, 0.15) is 32.9 Å². The molecule has 35 heavy (non-hydrogen) atoms. The van der Waals surface area contributed by atoms with Crippen molar-refractivity contribution in [3.05, 3.63) is 76.9 Å². The number of halogens is 5. The lowest BCUT2D eigenvalue weighted by molar-refractivity contribution is -0.142. The molecule has 0 saturated carbocycles. The van der Waals surface area contributed by atoms with Crippen molar-refractivity contribution in [1.82, 2.24) is 14.4 Å². The number of carbonyl (C=O) groups is 1. The SMILES string of the molecule is [2H]C([2H])([2H])c1nc(-c2ccc(NC(=O)[C@@H](O)c3cc(F)cc(F)c3)cc2C)c2c(N)ncc(C(F)(F)F)n12. The number of nitrogen functional groups attached to an aromatic ring is 1. The summed E-state index contributed by atoms with van der Waals surface area (Å²) in [6, 6.07) is 6.21. The molecule has 12 heteroatoms. The number of aromatic nitrogens is 3. The molecule has 0 radical (unpaired) electrons. The number of hydrogen-bond donors (Lipinski definition) is 3. The molecule has 0 fully saturated rings. The Morgan fingerprint density at radius 3 is 2.49 bits per heavy atom. The standard InChI is InChI=1S/C23H18F5N5O2/c1-10-5-15(32-22(35)20(34)12-6-13(24)8-14(25)7-12)3-4-16(10)18-19-21(29)30-9-17(23(26,27)28)33(19)11(2)31-18/h3-9,20,34H,1-2H3,(H2,29,30)(H,32,35)/t20-/m0/s1/i2D3. The molecule has 2 aromatic heterocycles. The van der Waals surface area contributed by atoms with Crippen LogP contribution in [-0.4, -0.2) is 25.4 Å². The number of imidazole rings is 1. The average molecular weight is 494 g/mol. The van der Waals surface area contributed by atoms with Gasteiger partial charge in [0.2, 0.25) is 0 Å². The third kappa shape index (κ3) is 4.52. The Morgan fingerprint density at radius 1 is 1.20 bits per heavy atom. The van der Waals surface area contributed by atoms with Gasteiger partial charge in [0.15, 0.2) is 6.10 Å². The summed E-state index contributed by atoms with van der Waals surface area (Å²) in [5, 5.41) is 12.6. The van der Waals surface area contributed by atoms with Crippen LogP contribution in [-0.2, 0) is 11.0 Å². The molecule has 182 valence electrons. The average Bonchev–Trinajstić information content (AvgIpc) is 3.19. The predicted octanol–water partition coefficient (Wildman–Crippen LogP) is 4.56. The number of nitrogens with one attached hydrogen (secondary N) is 1. The number of fused-ring (bicyclic) bond motifs is 1. The van der Waals surface area contributed by atoms with Crippen molar-refractivity contribution in [2.75, 3.05) is 11.1 Å². The lowest BCUT2D eigenvalue weighted by Crippen LogP contribution is -2.21. The summed E-state index contributed by atoms with van der Waals surface area (Å²) in [5.41, 5.74) is 4.26. The number of amides is 1. The van der Waals surface area contributed by atoms with E-state index >= 15 is 0 Å². The molecular formula is C23H18F5N5O2. The molecule has 0 aliphatic rings. The number of anilines is 2. The van der Waals surface area contributed by atoms with Crippen LogP contribution in [0.15, 0.2) is 42.6 Å². The lowest BCUT2D eigenvalue weighted by Gasteiger charge is -2.14. The lowest BCUT2D eigenvalue weighted by atomic mass is 10.0. The highest BCUT2D eigenvalue weighted by Crippen LogP contribution is 2.36. The van der Waals surface area contributed by atoms with Gasteiger partial charge in [-0.2, -0.15) is 13.2 Å². The van der Waals surface area contributed by atoms with Gasteiger partial charge in [-0.25, -0.2) is 18.7 Å². The van der Waals surface area contributed by atoms with E-state index < -0.39 is 54.0 Å². The van der Waals surface area contributed by atoms with E-state index in [0.29, 0.717) is 22.2 Å². The van der Waals surface area contributed by atoms with Crippen LogP contribution >= 0.6 is 0 Å². The van der Waals surface area contributed by atoms with Crippen LogP contribution in [0.3, 0.4) is 0 Å². The van der Waals surface area contributed by atoms with Crippen molar-refractivity contribution in [2.24, 2.45) is 0 Å². The van der Waals surface area contributed by atoms with Crippen LogP contribution in [0.2, 0.25) is 0 Å². The monoisotopic (exact) mass is 494 g/mol. The first-order chi connectivity index (χ1) is 17.6. The third-order valence-electron chi connectivity index (χ3n) is 5.18. The highest BCUT2D eigenvalue weighted by atomic mass is 19.4. The number of alkyl halides is 3. The highest BCUT2D eigenvalue weighted by molar-refractivity contribution is 5.95. The number of benzene rings is 2. The molecule has 0 spiro atoms. The molecule has 4 rings (SSSR count). The fourth-order valence-electron chi connectivity index (χ4n) is 3.63. The molecule has 2 aromatic carbocycles. The molecule has 7 nitrogen and oxygen atoms in total. The normalized spacial score (nSPS) is 14.3. The van der Waals surface area contributed by atoms with Gasteiger partial charge in [0.05, 0.1) is 6.20 Å². The van der Waals surface area contributed by atoms with Crippen molar-refractivity contribution >= 4 is 22.9 Å². The minimum Gasteiger partial charge on any atom is -0.382 e. The Hall–Kier alpha value is -4.06. The molecule has 0 saturated heterocycles. The van der Waals surface area contributed by atoms with E-state index in [1.54, 1.807) is 0 Å². The Labute approximate surface area is 199 Å². The molecular weight excluding hydrogens is 473 g/mol. The quantitative estimate of drug-likeness (QED) is 0.361. The number of hydrogen-bond acceptors (Lipinski definition) is 5. The molecule has 1 atom stereocenters. The smallest absolute Gasteiger partial charge is 0.382 e. The molecule has 4 aromatic rings. The molecule has 2 heterocycles. The molecule has 0 aliphatic carbocycles. The van der Waals surface area contributed by atoms with E-state index in [4.69, 9.17) is 9.85 Å². The van der Waals surface area contributed by atoms with Gasteiger partial charge < -0.3 is 16.2 Å². The number of rotatable bonds is 4. The number of aryl methyl sites for hydroxylation is 2. The minimum absolute atomic E-state index is 0.119. The topological polar surface area (TPSA) is 106 Å². The van der Waals surface area contributed by atoms with Crippen molar-refractivity contribution in [3.8, 4) is 11.3 Å².